The molecule has 2 aliphatic rings. The lowest BCUT2D eigenvalue weighted by Crippen LogP contribution is -2.50. The summed E-state index contributed by atoms with van der Waals surface area (Å²) in [4.78, 5) is 25.7. The topological polar surface area (TPSA) is 91.9 Å². The van der Waals surface area contributed by atoms with E-state index in [9.17, 15) is 4.79 Å². The number of hydrogen-bond acceptors (Lipinski definition) is 8. The Labute approximate surface area is 237 Å². The molecule has 9 nitrogen and oxygen atoms in total. The van der Waals surface area contributed by atoms with Crippen molar-refractivity contribution in [3.05, 3.63) is 72.2 Å². The molecule has 40 heavy (non-hydrogen) atoms. The minimum absolute atomic E-state index is 0.271. The summed E-state index contributed by atoms with van der Waals surface area (Å²) in [7, 11) is 3.56. The number of nitrogens with zero attached hydrogens (tertiary/aromatic N) is 4. The van der Waals surface area contributed by atoms with E-state index in [-0.39, 0.29) is 6.09 Å². The fourth-order valence-corrected chi connectivity index (χ4v) is 4.68. The Kier molecular flexibility index (Phi) is 8.82. The first-order valence-corrected chi connectivity index (χ1v) is 13.6. The van der Waals surface area contributed by atoms with E-state index < -0.39 is 5.60 Å². The number of benzene rings is 1. The first-order valence-electron chi connectivity index (χ1n) is 13.6. The molecule has 9 heteroatoms. The third-order valence-electron chi connectivity index (χ3n) is 6.83. The fraction of sp³-hybridized carbons (Fsp3) is 0.387. The highest BCUT2D eigenvalue weighted by Crippen LogP contribution is 2.34. The van der Waals surface area contributed by atoms with Crippen LogP contribution in [0.2, 0.25) is 0 Å². The van der Waals surface area contributed by atoms with Crippen molar-refractivity contribution in [1.82, 2.24) is 20.2 Å². The van der Waals surface area contributed by atoms with Crippen molar-refractivity contribution in [2.45, 2.75) is 39.2 Å². The first kappa shape index (κ1) is 28.7. The van der Waals surface area contributed by atoms with Crippen LogP contribution in [0.3, 0.4) is 0 Å². The van der Waals surface area contributed by atoms with E-state index in [1.54, 1.807) is 24.3 Å². The average Bonchev–Trinajstić information content (AvgIpc) is 2.96. The lowest BCUT2D eigenvalue weighted by Gasteiger charge is -2.37. The molecule has 0 bridgehead atoms. The highest BCUT2D eigenvalue weighted by Gasteiger charge is 2.26. The van der Waals surface area contributed by atoms with Gasteiger partial charge in [0.1, 0.15) is 11.4 Å². The zero-order valence-corrected chi connectivity index (χ0v) is 24.2. The second-order valence-corrected chi connectivity index (χ2v) is 10.8. The summed E-state index contributed by atoms with van der Waals surface area (Å²) in [5.41, 5.74) is 5.89. The van der Waals surface area contributed by atoms with E-state index in [4.69, 9.17) is 14.5 Å². The molecule has 0 radical (unpaired) electrons. The van der Waals surface area contributed by atoms with Gasteiger partial charge in [0.25, 0.3) is 0 Å². The summed E-state index contributed by atoms with van der Waals surface area (Å²) in [5.74, 6) is 1.11. The van der Waals surface area contributed by atoms with Gasteiger partial charge < -0.3 is 29.9 Å². The molecule has 1 aliphatic heterocycles. The molecule has 212 valence electrons. The lowest BCUT2D eigenvalue weighted by molar-refractivity contribution is 0.0240. The van der Waals surface area contributed by atoms with Gasteiger partial charge in [0.15, 0.2) is 0 Å². The van der Waals surface area contributed by atoms with Crippen LogP contribution in [0.4, 0.5) is 22.1 Å². The maximum absolute atomic E-state index is 12.4. The second kappa shape index (κ2) is 12.3. The molecule has 2 N–H and O–H groups in total. The predicted molar refractivity (Wildman–Crippen MR) is 162 cm³/mol. The van der Waals surface area contributed by atoms with Crippen molar-refractivity contribution in [2.75, 3.05) is 50.6 Å². The number of methoxy groups -OCH3 is 1. The van der Waals surface area contributed by atoms with Crippen LogP contribution in [0.25, 0.3) is 11.6 Å². The number of ether oxygens (including phenoxy) is 2. The van der Waals surface area contributed by atoms with Crippen LogP contribution in [0.5, 0.6) is 5.75 Å². The number of amides is 1. The Bertz CT molecular complexity index is 1330. The average molecular weight is 545 g/mol. The number of piperazine rings is 1. The molecule has 1 aliphatic carbocycles. The summed E-state index contributed by atoms with van der Waals surface area (Å²) < 4.78 is 11.2. The number of nitrogens with one attached hydrogen (secondary N) is 2. The Balaban J connectivity index is 1.49. The zero-order chi connectivity index (χ0) is 28.9. The summed E-state index contributed by atoms with van der Waals surface area (Å²) >= 11 is 0. The lowest BCUT2D eigenvalue weighted by atomic mass is 9.93. The Morgan fingerprint density at radius 3 is 2.58 bits per heavy atom. The first-order chi connectivity index (χ1) is 19.1. The molecular weight excluding hydrogens is 504 g/mol. The minimum atomic E-state index is -0.505. The van der Waals surface area contributed by atoms with Crippen LogP contribution in [0.1, 0.15) is 44.9 Å². The molecule has 4 rings (SSSR count). The number of hydrogen-bond donors (Lipinski definition) is 2. The van der Waals surface area contributed by atoms with Gasteiger partial charge in [-0.05, 0) is 63.0 Å². The Morgan fingerprint density at radius 2 is 1.93 bits per heavy atom. The third kappa shape index (κ3) is 6.83. The number of allylic oxidation sites excluding steroid dienone is 4. The van der Waals surface area contributed by atoms with Crippen LogP contribution in [-0.4, -0.2) is 66.9 Å². The van der Waals surface area contributed by atoms with Crippen LogP contribution >= 0.6 is 0 Å². The molecule has 1 aromatic carbocycles. The van der Waals surface area contributed by atoms with Gasteiger partial charge in [0, 0.05) is 62.4 Å². The highest BCUT2D eigenvalue weighted by atomic mass is 16.6. The van der Waals surface area contributed by atoms with E-state index >= 15 is 0 Å². The van der Waals surface area contributed by atoms with Crippen molar-refractivity contribution in [1.29, 1.82) is 0 Å². The van der Waals surface area contributed by atoms with Gasteiger partial charge in [-0.2, -0.15) is 0 Å². The Hall–Kier alpha value is -4.27. The number of aromatic nitrogens is 2. The van der Waals surface area contributed by atoms with Gasteiger partial charge in [-0.25, -0.2) is 14.8 Å². The second-order valence-electron chi connectivity index (χ2n) is 10.8. The van der Waals surface area contributed by atoms with Crippen LogP contribution in [0, 0.1) is 0 Å². The zero-order valence-electron chi connectivity index (χ0n) is 24.2. The third-order valence-corrected chi connectivity index (χ3v) is 6.83. The van der Waals surface area contributed by atoms with Crippen molar-refractivity contribution in [3.8, 4) is 5.75 Å². The van der Waals surface area contributed by atoms with E-state index in [2.05, 4.69) is 45.8 Å². The van der Waals surface area contributed by atoms with Crippen LogP contribution in [-0.2, 0) is 4.74 Å². The Morgan fingerprint density at radius 1 is 1.18 bits per heavy atom. The summed E-state index contributed by atoms with van der Waals surface area (Å²) in [6, 6.07) is 5.98. The van der Waals surface area contributed by atoms with Crippen LogP contribution in [0.15, 0.2) is 61.0 Å². The number of anilines is 3. The normalized spacial score (nSPS) is 15.5. The van der Waals surface area contributed by atoms with Gasteiger partial charge in [-0.15, -0.1) is 0 Å². The van der Waals surface area contributed by atoms with Crippen molar-refractivity contribution in [3.63, 3.8) is 0 Å². The molecule has 2 aromatic rings. The molecule has 0 saturated carbocycles. The molecule has 1 saturated heterocycles. The SMILES string of the molecule is C=Cc1cnc(Nc2ccc(N3CCN(C(=O)OC(C)(C)C)CC3)cc2OC)nc1C(=C)C1=CC(NC)=CCC1. The molecule has 1 fully saturated rings. The largest absolute Gasteiger partial charge is 0.494 e. The predicted octanol–water partition coefficient (Wildman–Crippen LogP) is 5.77. The number of rotatable bonds is 8. The maximum Gasteiger partial charge on any atom is 0.410 e. The molecule has 0 spiro atoms. The number of carbonyl (C=O) groups excluding carboxylic acids is 1. The number of likely N-dealkylation sites (N-methyl/N-ethyl adjacent to an activating group) is 1. The van der Waals surface area contributed by atoms with Gasteiger partial charge in [-0.1, -0.05) is 25.3 Å². The molecule has 0 unspecified atom stereocenters. The standard InChI is InChI=1S/C31H40N6O3/c1-8-22-20-33-29(35-28(22)21(2)23-10-9-11-24(18-23)32-6)34-26-13-12-25(19-27(26)39-7)36-14-16-37(17-15-36)30(38)40-31(3,4)5/h8,11-13,18-20,32H,1-2,9-10,14-17H2,3-7H3,(H,33,34,35). The summed E-state index contributed by atoms with van der Waals surface area (Å²) in [6.45, 7) is 16.5. The van der Waals surface area contributed by atoms with Gasteiger partial charge in [0.05, 0.1) is 18.5 Å². The molecule has 2 heterocycles. The maximum atomic E-state index is 12.4. The van der Waals surface area contributed by atoms with Gasteiger partial charge in [0.2, 0.25) is 5.95 Å². The molecule has 1 aromatic heterocycles. The molecular formula is C31H40N6O3. The van der Waals surface area contributed by atoms with Crippen LogP contribution < -0.4 is 20.3 Å². The quantitative estimate of drug-likeness (QED) is 0.433. The van der Waals surface area contributed by atoms with E-state index in [0.29, 0.717) is 37.9 Å². The van der Waals surface area contributed by atoms with Gasteiger partial charge >= 0.3 is 6.09 Å². The van der Waals surface area contributed by atoms with E-state index in [1.165, 1.54) is 0 Å². The molecule has 1 amide bonds. The number of carbonyl (C=O) groups is 1. The van der Waals surface area contributed by atoms with Crippen molar-refractivity contribution in [2.24, 2.45) is 0 Å². The summed E-state index contributed by atoms with van der Waals surface area (Å²) in [6.07, 6.45) is 9.37. The monoisotopic (exact) mass is 544 g/mol. The van der Waals surface area contributed by atoms with Crippen molar-refractivity contribution >= 4 is 35.1 Å². The van der Waals surface area contributed by atoms with Gasteiger partial charge in [-0.3, -0.25) is 0 Å². The summed E-state index contributed by atoms with van der Waals surface area (Å²) in [5, 5.41) is 6.52. The van der Waals surface area contributed by atoms with Crippen molar-refractivity contribution < 1.29 is 14.3 Å². The minimum Gasteiger partial charge on any atom is -0.494 e. The van der Waals surface area contributed by atoms with E-state index in [0.717, 1.165) is 52.3 Å². The molecule has 0 atom stereocenters. The van der Waals surface area contributed by atoms with E-state index in [1.807, 2.05) is 46.0 Å². The fourth-order valence-electron chi connectivity index (χ4n) is 4.68. The highest BCUT2D eigenvalue weighted by molar-refractivity contribution is 5.81. The smallest absolute Gasteiger partial charge is 0.410 e.